The molecule has 0 spiro atoms. The second-order valence-electron chi connectivity index (χ2n) is 24.5. The predicted molar refractivity (Wildman–Crippen MR) is 437 cm³/mol. The highest BCUT2D eigenvalue weighted by molar-refractivity contribution is 5.93. The van der Waals surface area contributed by atoms with E-state index in [9.17, 15) is 0 Å². The van der Waals surface area contributed by atoms with Crippen molar-refractivity contribution in [2.75, 3.05) is 128 Å². The van der Waals surface area contributed by atoms with Crippen molar-refractivity contribution in [1.29, 1.82) is 0 Å². The summed E-state index contributed by atoms with van der Waals surface area (Å²) in [6, 6.07) is 90.9. The zero-order chi connectivity index (χ0) is 76.1. The quantitative estimate of drug-likeness (QED) is 0.0340. The summed E-state index contributed by atoms with van der Waals surface area (Å²) in [6.45, 7) is 16.4. The summed E-state index contributed by atoms with van der Waals surface area (Å²) in [6.07, 6.45) is 0. The van der Waals surface area contributed by atoms with Crippen molar-refractivity contribution in [2.24, 2.45) is 0 Å². The van der Waals surface area contributed by atoms with Gasteiger partial charge in [-0.3, -0.25) is 0 Å². The first-order valence-electron chi connectivity index (χ1n) is 36.9. The predicted octanol–water partition coefficient (Wildman–Crippen LogP) is 20.3. The summed E-state index contributed by atoms with van der Waals surface area (Å²) in [5.74, 6) is 8.47. The molecule has 0 atom stereocenters. The van der Waals surface area contributed by atoms with Crippen LogP contribution in [0.25, 0.3) is 53.9 Å². The number of rotatable bonds is 37. The molecule has 0 radical (unpaired) electrons. The molecule has 0 heterocycles. The molecule has 16 heteroatoms. The average molecular weight is 1480 g/mol. The van der Waals surface area contributed by atoms with Crippen LogP contribution in [-0.4, -0.2) is 128 Å². The van der Waals surface area contributed by atoms with E-state index in [0.717, 1.165) is 111 Å². The van der Waals surface area contributed by atoms with Crippen LogP contribution in [0.5, 0.6) is 57.5 Å². The molecule has 0 saturated carbocycles. The van der Waals surface area contributed by atoms with Crippen molar-refractivity contribution in [1.82, 2.24) is 0 Å². The molecule has 0 aromatic heterocycles. The first-order chi connectivity index (χ1) is 53.8. The summed E-state index contributed by atoms with van der Waals surface area (Å²) < 4.78 is 88.2. The largest absolute Gasteiger partial charge is 0.497 e. The van der Waals surface area contributed by atoms with Crippen molar-refractivity contribution >= 4 is 53.9 Å². The van der Waals surface area contributed by atoms with E-state index in [1.54, 1.807) is 28.4 Å². The molecule has 0 unspecified atom stereocenters. The van der Waals surface area contributed by atoms with Crippen LogP contribution in [0.2, 0.25) is 0 Å². The first kappa shape index (κ1) is 82.0. The molecule has 0 aliphatic carbocycles. The fraction of sp³-hybridized carbons (Fsp3) is 0.269. The fourth-order valence-electron chi connectivity index (χ4n) is 11.2. The van der Waals surface area contributed by atoms with Gasteiger partial charge < -0.3 is 75.8 Å². The normalized spacial score (nSPS) is 10.7. The van der Waals surface area contributed by atoms with Gasteiger partial charge in [0, 0.05) is 32.1 Å². The molecule has 0 aliphatic heterocycles. The van der Waals surface area contributed by atoms with Crippen LogP contribution < -0.4 is 47.4 Å². The zero-order valence-corrected chi connectivity index (χ0v) is 63.7. The molecule has 0 bridgehead atoms. The molecule has 13 rings (SSSR count). The van der Waals surface area contributed by atoms with Crippen molar-refractivity contribution < 1.29 is 75.8 Å². The Kier molecular flexibility index (Phi) is 35.8. The summed E-state index contributed by atoms with van der Waals surface area (Å²) in [4.78, 5) is 0. The van der Waals surface area contributed by atoms with Crippen molar-refractivity contribution in [3.05, 3.63) is 290 Å². The van der Waals surface area contributed by atoms with Crippen molar-refractivity contribution in [3.8, 4) is 57.5 Å². The Morgan fingerprint density at radius 3 is 0.826 bits per heavy atom. The molecule has 570 valence electrons. The van der Waals surface area contributed by atoms with Crippen LogP contribution in [0.4, 0.5) is 0 Å². The van der Waals surface area contributed by atoms with Crippen LogP contribution in [0.3, 0.4) is 0 Å². The maximum absolute atomic E-state index is 5.91. The molecule has 13 aromatic rings. The Balaban J connectivity index is 0.000000158. The van der Waals surface area contributed by atoms with Gasteiger partial charge >= 0.3 is 0 Å². The van der Waals surface area contributed by atoms with Gasteiger partial charge in [0.15, 0.2) is 11.5 Å². The minimum atomic E-state index is 0.491. The third kappa shape index (κ3) is 28.2. The zero-order valence-electron chi connectivity index (χ0n) is 63.7. The highest BCUT2D eigenvalue weighted by atomic mass is 16.6. The molecule has 0 N–H and O–H groups in total. The molecule has 13 aromatic carbocycles. The van der Waals surface area contributed by atoms with Gasteiger partial charge in [0.25, 0.3) is 0 Å². The Bertz CT molecular complexity index is 4660. The molecule has 0 fully saturated rings. The van der Waals surface area contributed by atoms with Gasteiger partial charge in [-0.15, -0.1) is 0 Å². The van der Waals surface area contributed by atoms with E-state index >= 15 is 0 Å². The Morgan fingerprint density at radius 2 is 0.477 bits per heavy atom. The minimum absolute atomic E-state index is 0.491. The van der Waals surface area contributed by atoms with E-state index in [2.05, 4.69) is 60.7 Å². The van der Waals surface area contributed by atoms with Crippen molar-refractivity contribution in [3.63, 3.8) is 0 Å². The second-order valence-corrected chi connectivity index (χ2v) is 24.5. The number of methoxy groups -OCH3 is 4. The first-order valence-corrected chi connectivity index (χ1v) is 36.9. The van der Waals surface area contributed by atoms with Gasteiger partial charge in [0.2, 0.25) is 0 Å². The van der Waals surface area contributed by atoms with Gasteiger partial charge in [0.05, 0.1) is 86.4 Å². The highest BCUT2D eigenvalue weighted by Crippen LogP contribution is 2.35. The van der Waals surface area contributed by atoms with E-state index < -0.39 is 0 Å². The van der Waals surface area contributed by atoms with Gasteiger partial charge in [-0.05, 0) is 178 Å². The second kappa shape index (κ2) is 47.6. The molecule has 16 nitrogen and oxygen atoms in total. The van der Waals surface area contributed by atoms with Gasteiger partial charge in [0.1, 0.15) is 85.6 Å². The lowest BCUT2D eigenvalue weighted by Crippen LogP contribution is -2.08. The summed E-state index contributed by atoms with van der Waals surface area (Å²) in [5, 5.41) is 11.2. The van der Waals surface area contributed by atoms with Crippen LogP contribution >= 0.6 is 0 Å². The Labute approximate surface area is 641 Å². The topological polar surface area (TPSA) is 148 Å². The lowest BCUT2D eigenvalue weighted by Gasteiger charge is -2.13. The molecule has 109 heavy (non-hydrogen) atoms. The fourth-order valence-corrected chi connectivity index (χ4v) is 11.2. The molecule has 0 aliphatic rings. The monoisotopic (exact) mass is 1470 g/mol. The third-order valence-corrected chi connectivity index (χ3v) is 16.6. The molecule has 0 saturated heterocycles. The minimum Gasteiger partial charge on any atom is -0.497 e. The van der Waals surface area contributed by atoms with Crippen molar-refractivity contribution in [2.45, 2.75) is 40.6 Å². The lowest BCUT2D eigenvalue weighted by molar-refractivity contribution is 0.0878. The number of ether oxygens (including phenoxy) is 16. The highest BCUT2D eigenvalue weighted by Gasteiger charge is 2.11. The van der Waals surface area contributed by atoms with Crippen LogP contribution in [-0.2, 0) is 48.2 Å². The van der Waals surface area contributed by atoms with E-state index in [1.807, 2.05) is 233 Å². The smallest absolute Gasteiger partial charge is 0.161 e. The molecular formula is C93H102O16. The Hall–Kier alpha value is -11.1. The van der Waals surface area contributed by atoms with Gasteiger partial charge in [-0.25, -0.2) is 0 Å². The maximum Gasteiger partial charge on any atom is 0.161 e. The van der Waals surface area contributed by atoms with Crippen LogP contribution in [0.1, 0.15) is 37.5 Å². The molecular weight excluding hydrogens is 1370 g/mol. The number of fused-ring (bicyclic) bond motifs is 5. The summed E-state index contributed by atoms with van der Waals surface area (Å²) in [7, 11) is 6.66. The number of hydrogen-bond acceptors (Lipinski definition) is 16. The summed E-state index contributed by atoms with van der Waals surface area (Å²) in [5.41, 5.74) is 3.51. The number of hydrogen-bond donors (Lipinski definition) is 0. The molecule has 0 amide bonds. The van der Waals surface area contributed by atoms with Gasteiger partial charge in [-0.2, -0.15) is 0 Å². The lowest BCUT2D eigenvalue weighted by atomic mass is 10.1. The van der Waals surface area contributed by atoms with E-state index in [-0.39, 0.29) is 0 Å². The standard InChI is InChI=1S/2C21H22O3.C20H20O3.C16H20O4.C15H18O3/c1-2-23-20-12-6-11-19-18(20)10-7-13-21(19)24-15-14-22-16-17-8-4-3-5-9-17;1-2-23-20-14-18-10-6-7-11-19(18)15-21(20)24-13-12-22-16-17-8-4-3-5-9-17;1-21-19-9-7-18-14-20(10-8-17(18)13-19)23-12-11-22-15-16-5-3-2-4-6-16;1-17-7-9-19-15-5-3-14-12-16(20-10-8-18-2)6-4-13(14)11-15;1-3-17-14-6-4-13-11-15(18-9-8-16-2)7-5-12(13)10-14/h3-13H,2,14-16H2,1H3;3-11,14-15H,2,12-13,16H2,1H3;2-10,13-14H,11-12,15H2,1H3;3-6,11-12H,7-10H2,1-2H3;4-7,10-11H,3,8-9H2,1-2H3. The summed E-state index contributed by atoms with van der Waals surface area (Å²) >= 11 is 0. The van der Waals surface area contributed by atoms with E-state index in [4.69, 9.17) is 75.8 Å². The van der Waals surface area contributed by atoms with Gasteiger partial charge in [-0.1, -0.05) is 176 Å². The number of benzene rings is 13. The average Bonchev–Trinajstić information content (AvgIpc) is 0.848. The third-order valence-electron chi connectivity index (χ3n) is 16.6. The van der Waals surface area contributed by atoms with E-state index in [0.29, 0.717) is 119 Å². The SMILES string of the molecule is CCOc1cc2ccccc2cc1OCCOCc1ccccc1.CCOc1ccc2cc(OCCOC)ccc2c1.CCOc1cccc2c(OCCOCc3ccccc3)cccc12.COCCOc1ccc2cc(OCCOC)ccc2c1.COc1ccc2cc(OCCOCc3ccccc3)ccc2c1. The van der Waals surface area contributed by atoms with Crippen LogP contribution in [0, 0.1) is 0 Å². The van der Waals surface area contributed by atoms with E-state index in [1.165, 1.54) is 16.7 Å². The Morgan fingerprint density at radius 1 is 0.202 bits per heavy atom. The maximum atomic E-state index is 5.91. The van der Waals surface area contributed by atoms with Crippen LogP contribution in [0.15, 0.2) is 273 Å².